The van der Waals surface area contributed by atoms with Crippen LogP contribution in [0.15, 0.2) is 66.7 Å². The summed E-state index contributed by atoms with van der Waals surface area (Å²) in [4.78, 5) is 16.5. The van der Waals surface area contributed by atoms with Crippen LogP contribution in [0.3, 0.4) is 0 Å². The number of nitrogens with zero attached hydrogens (tertiary/aromatic N) is 2. The summed E-state index contributed by atoms with van der Waals surface area (Å²) in [5.74, 6) is 0.236. The van der Waals surface area contributed by atoms with Gasteiger partial charge in [-0.15, -0.1) is 0 Å². The van der Waals surface area contributed by atoms with Gasteiger partial charge in [0.25, 0.3) is 0 Å². The van der Waals surface area contributed by atoms with Gasteiger partial charge in [-0.3, -0.25) is 0 Å². The van der Waals surface area contributed by atoms with Gasteiger partial charge in [0.15, 0.2) is 0 Å². The Hall–Kier alpha value is -3.87. The Morgan fingerprint density at radius 3 is 1.84 bits per heavy atom. The molecule has 3 N–H and O–H groups in total. The van der Waals surface area contributed by atoms with Crippen molar-refractivity contribution in [1.29, 1.82) is 0 Å². The number of hydrogen-bond acceptors (Lipinski definition) is 3. The Labute approximate surface area is 194 Å². The maximum Gasteiger partial charge on any atom is 0.115 e. The van der Waals surface area contributed by atoms with E-state index >= 15 is 0 Å². The average Bonchev–Trinajstić information content (AvgIpc) is 3.55. The van der Waals surface area contributed by atoms with E-state index in [0.29, 0.717) is 0 Å². The first kappa shape index (κ1) is 20.1. The largest absolute Gasteiger partial charge is 0.508 e. The first-order valence-electron chi connectivity index (χ1n) is 10.1. The summed E-state index contributed by atoms with van der Waals surface area (Å²) in [7, 11) is 0. The van der Waals surface area contributed by atoms with Gasteiger partial charge in [0.05, 0.1) is 22.8 Å². The molecule has 0 saturated carbocycles. The standard InChI is InChI=1S/C26H18N4O.Co/c31-23-9-1-16(2-10-23)26-24-11-7-21(29-24)14-19-5-3-17(27-19)13-18-4-6-20(28-18)15-22-8-12-25(26)30-22;/h1-15,27,30-31H;. The summed E-state index contributed by atoms with van der Waals surface area (Å²) in [6.45, 7) is 0. The molecule has 1 aromatic carbocycles. The van der Waals surface area contributed by atoms with Gasteiger partial charge >= 0.3 is 0 Å². The summed E-state index contributed by atoms with van der Waals surface area (Å²) < 4.78 is 0. The fourth-order valence-electron chi connectivity index (χ4n) is 3.94. The molecule has 157 valence electrons. The van der Waals surface area contributed by atoms with Crippen molar-refractivity contribution in [1.82, 2.24) is 19.9 Å². The van der Waals surface area contributed by atoms with E-state index in [1.54, 1.807) is 12.1 Å². The van der Waals surface area contributed by atoms with Crippen LogP contribution in [0, 0.1) is 0 Å². The number of nitrogens with one attached hydrogen (secondary N) is 2. The van der Waals surface area contributed by atoms with Crippen LogP contribution in [-0.2, 0) is 16.8 Å². The normalized spacial score (nSPS) is 12.0. The smallest absolute Gasteiger partial charge is 0.115 e. The molecule has 0 unspecified atom stereocenters. The second kappa shape index (κ2) is 7.99. The quantitative estimate of drug-likeness (QED) is 0.280. The maximum atomic E-state index is 9.75. The van der Waals surface area contributed by atoms with Crippen molar-refractivity contribution in [2.75, 3.05) is 0 Å². The number of hydrogen-bond donors (Lipinski definition) is 3. The predicted molar refractivity (Wildman–Crippen MR) is 126 cm³/mol. The van der Waals surface area contributed by atoms with Gasteiger partial charge in [-0.2, -0.15) is 0 Å². The maximum absolute atomic E-state index is 9.75. The Bertz CT molecular complexity index is 1540. The summed E-state index contributed by atoms with van der Waals surface area (Å²) in [5, 5.41) is 9.75. The molecule has 0 atom stereocenters. The molecule has 0 aliphatic carbocycles. The third kappa shape index (κ3) is 3.77. The van der Waals surface area contributed by atoms with Crippen molar-refractivity contribution in [3.63, 3.8) is 0 Å². The fourth-order valence-corrected chi connectivity index (χ4v) is 3.94. The Morgan fingerprint density at radius 2 is 1.16 bits per heavy atom. The molecule has 4 aromatic rings. The van der Waals surface area contributed by atoms with Crippen LogP contribution in [0.1, 0.15) is 22.8 Å². The molecule has 1 radical (unpaired) electrons. The van der Waals surface area contributed by atoms with Crippen molar-refractivity contribution in [2.24, 2.45) is 0 Å². The molecular weight excluding hydrogens is 443 g/mol. The monoisotopic (exact) mass is 461 g/mol. The second-order valence-electron chi connectivity index (χ2n) is 7.60. The van der Waals surface area contributed by atoms with Crippen LogP contribution < -0.4 is 0 Å². The van der Waals surface area contributed by atoms with Crippen LogP contribution in [0.25, 0.3) is 57.5 Å². The van der Waals surface area contributed by atoms with Crippen molar-refractivity contribution in [2.45, 2.75) is 0 Å². The van der Waals surface area contributed by atoms with E-state index in [2.05, 4.69) is 16.0 Å². The van der Waals surface area contributed by atoms with E-state index in [0.717, 1.165) is 56.0 Å². The van der Waals surface area contributed by atoms with Gasteiger partial charge in [-0.25, -0.2) is 9.97 Å². The van der Waals surface area contributed by atoms with E-state index in [9.17, 15) is 5.11 Å². The first-order chi connectivity index (χ1) is 15.2. The molecule has 5 heterocycles. The van der Waals surface area contributed by atoms with Crippen molar-refractivity contribution in [3.05, 3.63) is 89.5 Å². The summed E-state index contributed by atoms with van der Waals surface area (Å²) in [6.07, 6.45) is 8.06. The Morgan fingerprint density at radius 1 is 0.594 bits per heavy atom. The minimum absolute atomic E-state index is 0. The zero-order valence-electron chi connectivity index (χ0n) is 16.8. The van der Waals surface area contributed by atoms with Crippen molar-refractivity contribution >= 4 is 46.4 Å². The molecule has 0 amide bonds. The van der Waals surface area contributed by atoms with Gasteiger partial charge in [0.1, 0.15) is 5.75 Å². The van der Waals surface area contributed by atoms with Crippen molar-refractivity contribution < 1.29 is 21.9 Å². The molecule has 0 spiro atoms. The average molecular weight is 461 g/mol. The number of aromatic amines is 2. The summed E-state index contributed by atoms with van der Waals surface area (Å²) in [6, 6.07) is 21.5. The Balaban J connectivity index is 0.00000216. The molecule has 5 nitrogen and oxygen atoms in total. The molecular formula is C26H18CoN4O. The minimum atomic E-state index is 0. The van der Waals surface area contributed by atoms with E-state index in [1.807, 2.05) is 72.8 Å². The van der Waals surface area contributed by atoms with Gasteiger partial charge in [-0.05, 0) is 84.5 Å². The zero-order chi connectivity index (χ0) is 20.8. The number of H-pyrrole nitrogens is 2. The predicted octanol–water partition coefficient (Wildman–Crippen LogP) is 6.03. The van der Waals surface area contributed by atoms with Crippen LogP contribution in [0.2, 0.25) is 0 Å². The SMILES string of the molecule is Oc1ccc(-c2c3nc(cc4ccc(cc5nc(cc6ccc2[nH]6)C=C5)[nH]4)C=C3)cc1.[Co]. The first-order valence-corrected chi connectivity index (χ1v) is 10.1. The number of fused-ring (bicyclic) bond motifs is 8. The molecule has 32 heavy (non-hydrogen) atoms. The van der Waals surface area contributed by atoms with Gasteiger partial charge < -0.3 is 15.1 Å². The third-order valence-electron chi connectivity index (χ3n) is 5.38. The van der Waals surface area contributed by atoms with E-state index in [-0.39, 0.29) is 22.5 Å². The molecule has 2 aliphatic rings. The van der Waals surface area contributed by atoms with Crippen molar-refractivity contribution in [3.8, 4) is 16.9 Å². The number of aromatic nitrogens is 4. The zero-order valence-corrected chi connectivity index (χ0v) is 17.9. The molecule has 6 heteroatoms. The van der Waals surface area contributed by atoms with Crippen LogP contribution >= 0.6 is 0 Å². The minimum Gasteiger partial charge on any atom is -0.508 e. The third-order valence-corrected chi connectivity index (χ3v) is 5.38. The molecule has 3 aromatic heterocycles. The molecule has 0 saturated heterocycles. The molecule has 6 rings (SSSR count). The van der Waals surface area contributed by atoms with Crippen LogP contribution in [0.5, 0.6) is 5.75 Å². The number of benzene rings is 1. The van der Waals surface area contributed by atoms with Gasteiger partial charge in [0.2, 0.25) is 0 Å². The summed E-state index contributed by atoms with van der Waals surface area (Å²) in [5.41, 5.74) is 9.38. The number of phenols is 1. The second-order valence-corrected chi connectivity index (χ2v) is 7.60. The van der Waals surface area contributed by atoms with Crippen LogP contribution in [0.4, 0.5) is 0 Å². The van der Waals surface area contributed by atoms with Gasteiger partial charge in [-0.1, -0.05) is 12.1 Å². The van der Waals surface area contributed by atoms with E-state index in [4.69, 9.17) is 9.97 Å². The molecule has 0 fully saturated rings. The fraction of sp³-hybridized carbons (Fsp3) is 0. The van der Waals surface area contributed by atoms with Crippen LogP contribution in [-0.4, -0.2) is 25.0 Å². The molecule has 8 bridgehead atoms. The van der Waals surface area contributed by atoms with E-state index < -0.39 is 0 Å². The topological polar surface area (TPSA) is 77.6 Å². The number of aromatic hydroxyl groups is 1. The van der Waals surface area contributed by atoms with Gasteiger partial charge in [0, 0.05) is 44.4 Å². The van der Waals surface area contributed by atoms with E-state index in [1.165, 1.54) is 0 Å². The number of phenolic OH excluding ortho intramolecular Hbond substituents is 1. The molecule has 2 aliphatic heterocycles. The number of rotatable bonds is 1. The summed E-state index contributed by atoms with van der Waals surface area (Å²) >= 11 is 0. The Kier molecular flexibility index (Phi) is 5.01.